The van der Waals surface area contributed by atoms with E-state index >= 15 is 0 Å². The van der Waals surface area contributed by atoms with Gasteiger partial charge >= 0.3 is 0 Å². The van der Waals surface area contributed by atoms with Crippen LogP contribution in [0.4, 0.5) is 0 Å². The summed E-state index contributed by atoms with van der Waals surface area (Å²) in [6.45, 7) is 6.39. The van der Waals surface area contributed by atoms with Gasteiger partial charge in [0, 0.05) is 12.4 Å². The van der Waals surface area contributed by atoms with Crippen LogP contribution in [0, 0.1) is 0 Å². The quantitative estimate of drug-likeness (QED) is 0.459. The van der Waals surface area contributed by atoms with Crippen LogP contribution in [0.25, 0.3) is 0 Å². The summed E-state index contributed by atoms with van der Waals surface area (Å²) >= 11 is 6.68. The lowest BCUT2D eigenvalue weighted by Gasteiger charge is -2.07. The van der Waals surface area contributed by atoms with Gasteiger partial charge in [0.05, 0.1) is 6.61 Å². The van der Waals surface area contributed by atoms with Crippen molar-refractivity contribution in [2.75, 3.05) is 25.6 Å². The highest BCUT2D eigenvalue weighted by molar-refractivity contribution is 8.22. The first-order valence-electron chi connectivity index (χ1n) is 5.68. The fraction of sp³-hybridized carbons (Fsp3) is 0.909. The Morgan fingerprint density at radius 3 is 2.47 bits per heavy atom. The molecule has 90 valence electrons. The van der Waals surface area contributed by atoms with Gasteiger partial charge in [-0.1, -0.05) is 38.5 Å². The van der Waals surface area contributed by atoms with Crippen molar-refractivity contribution in [2.24, 2.45) is 0 Å². The third-order valence-electron chi connectivity index (χ3n) is 1.81. The molecule has 0 aromatic carbocycles. The van der Waals surface area contributed by atoms with Crippen LogP contribution in [0.15, 0.2) is 0 Å². The SMILES string of the molecule is CCCCOCCOC(=S)SCCCC. The lowest BCUT2D eigenvalue weighted by molar-refractivity contribution is 0.0971. The van der Waals surface area contributed by atoms with E-state index in [2.05, 4.69) is 13.8 Å². The molecule has 0 rings (SSSR count). The minimum atomic E-state index is 0.585. The molecule has 0 spiro atoms. The maximum atomic E-state index is 5.36. The summed E-state index contributed by atoms with van der Waals surface area (Å²) < 4.78 is 11.3. The zero-order valence-electron chi connectivity index (χ0n) is 9.79. The molecule has 0 aliphatic carbocycles. The van der Waals surface area contributed by atoms with Gasteiger partial charge in [-0.2, -0.15) is 0 Å². The minimum absolute atomic E-state index is 0.585. The monoisotopic (exact) mass is 250 g/mol. The molecular weight excluding hydrogens is 228 g/mol. The maximum absolute atomic E-state index is 5.36. The van der Waals surface area contributed by atoms with Crippen LogP contribution in [0.2, 0.25) is 0 Å². The average molecular weight is 250 g/mol. The molecule has 0 N–H and O–H groups in total. The van der Waals surface area contributed by atoms with Crippen molar-refractivity contribution in [3.63, 3.8) is 0 Å². The summed E-state index contributed by atoms with van der Waals surface area (Å²) in [5.41, 5.74) is 0. The van der Waals surface area contributed by atoms with Crippen molar-refractivity contribution in [2.45, 2.75) is 39.5 Å². The largest absolute Gasteiger partial charge is 0.476 e. The van der Waals surface area contributed by atoms with Crippen molar-refractivity contribution in [1.82, 2.24) is 0 Å². The Balaban J connectivity index is 3.10. The van der Waals surface area contributed by atoms with E-state index in [0.717, 1.165) is 18.8 Å². The van der Waals surface area contributed by atoms with E-state index in [4.69, 9.17) is 21.7 Å². The van der Waals surface area contributed by atoms with E-state index in [1.165, 1.54) is 19.3 Å². The molecule has 0 heterocycles. The van der Waals surface area contributed by atoms with Crippen LogP contribution < -0.4 is 0 Å². The lowest BCUT2D eigenvalue weighted by Crippen LogP contribution is -2.07. The van der Waals surface area contributed by atoms with Crippen molar-refractivity contribution in [3.8, 4) is 0 Å². The molecule has 0 saturated carbocycles. The predicted molar refractivity (Wildman–Crippen MR) is 71.6 cm³/mol. The van der Waals surface area contributed by atoms with E-state index in [1.54, 1.807) is 11.8 Å². The molecule has 2 nitrogen and oxygen atoms in total. The molecule has 0 atom stereocenters. The number of unbranched alkanes of at least 4 members (excludes halogenated alkanes) is 2. The molecule has 0 amide bonds. The summed E-state index contributed by atoms with van der Waals surface area (Å²) in [5, 5.41) is 0. The zero-order chi connectivity index (χ0) is 11.4. The molecule has 0 fully saturated rings. The summed E-state index contributed by atoms with van der Waals surface area (Å²) in [4.78, 5) is 0. The fourth-order valence-corrected chi connectivity index (χ4v) is 1.97. The van der Waals surface area contributed by atoms with Crippen LogP contribution in [0.5, 0.6) is 0 Å². The smallest absolute Gasteiger partial charge is 0.220 e. The first-order chi connectivity index (χ1) is 7.31. The van der Waals surface area contributed by atoms with Crippen LogP contribution in [0.3, 0.4) is 0 Å². The van der Waals surface area contributed by atoms with Gasteiger partial charge in [-0.3, -0.25) is 0 Å². The van der Waals surface area contributed by atoms with Crippen LogP contribution >= 0.6 is 24.0 Å². The number of hydrogen-bond donors (Lipinski definition) is 0. The Labute approximate surface area is 103 Å². The van der Waals surface area contributed by atoms with E-state index in [-0.39, 0.29) is 0 Å². The van der Waals surface area contributed by atoms with Crippen LogP contribution in [-0.4, -0.2) is 30.0 Å². The molecule has 0 bridgehead atoms. The van der Waals surface area contributed by atoms with E-state index in [0.29, 0.717) is 17.6 Å². The number of thioether (sulfide) groups is 1. The highest BCUT2D eigenvalue weighted by Gasteiger charge is 1.97. The van der Waals surface area contributed by atoms with Gasteiger partial charge in [0.25, 0.3) is 0 Å². The Hall–Kier alpha value is 0.200. The van der Waals surface area contributed by atoms with Gasteiger partial charge in [-0.05, 0) is 25.1 Å². The maximum Gasteiger partial charge on any atom is 0.220 e. The summed E-state index contributed by atoms with van der Waals surface area (Å²) in [6.07, 6.45) is 4.69. The predicted octanol–water partition coefficient (Wildman–Crippen LogP) is 3.64. The fourth-order valence-electron chi connectivity index (χ4n) is 0.874. The molecule has 0 aromatic rings. The van der Waals surface area contributed by atoms with Crippen molar-refractivity contribution in [3.05, 3.63) is 0 Å². The van der Waals surface area contributed by atoms with E-state index < -0.39 is 0 Å². The third-order valence-corrected chi connectivity index (χ3v) is 3.13. The van der Waals surface area contributed by atoms with Crippen LogP contribution in [0.1, 0.15) is 39.5 Å². The molecule has 0 unspecified atom stereocenters. The second-order valence-electron chi connectivity index (χ2n) is 3.27. The van der Waals surface area contributed by atoms with Crippen molar-refractivity contribution < 1.29 is 9.47 Å². The van der Waals surface area contributed by atoms with Crippen molar-refractivity contribution in [1.29, 1.82) is 0 Å². The number of thiocarbonyl (C=S) groups is 1. The third kappa shape index (κ3) is 12.1. The average Bonchev–Trinajstić information content (AvgIpc) is 2.23. The second-order valence-corrected chi connectivity index (χ2v) is 4.96. The first-order valence-corrected chi connectivity index (χ1v) is 7.08. The van der Waals surface area contributed by atoms with E-state index in [9.17, 15) is 0 Å². The zero-order valence-corrected chi connectivity index (χ0v) is 11.4. The molecule has 4 heteroatoms. The Kier molecular flexibility index (Phi) is 12.4. The highest BCUT2D eigenvalue weighted by atomic mass is 32.2. The molecule has 0 aliphatic rings. The van der Waals surface area contributed by atoms with Gasteiger partial charge in [0.2, 0.25) is 4.38 Å². The molecule has 0 aliphatic heterocycles. The summed E-state index contributed by atoms with van der Waals surface area (Å²) in [6, 6.07) is 0. The summed E-state index contributed by atoms with van der Waals surface area (Å²) in [5.74, 6) is 1.06. The Morgan fingerprint density at radius 2 is 1.80 bits per heavy atom. The molecule has 0 aromatic heterocycles. The number of rotatable bonds is 9. The second kappa shape index (κ2) is 12.3. The van der Waals surface area contributed by atoms with Gasteiger partial charge < -0.3 is 9.47 Å². The molecule has 0 radical (unpaired) electrons. The Bertz CT molecular complexity index is 152. The number of ether oxygens (including phenoxy) is 2. The minimum Gasteiger partial charge on any atom is -0.476 e. The normalized spacial score (nSPS) is 10.3. The first kappa shape index (κ1) is 15.2. The van der Waals surface area contributed by atoms with Crippen LogP contribution in [-0.2, 0) is 9.47 Å². The van der Waals surface area contributed by atoms with Gasteiger partial charge in [-0.25, -0.2) is 0 Å². The Morgan fingerprint density at radius 1 is 1.07 bits per heavy atom. The standard InChI is InChI=1S/C11H22O2S2/c1-3-5-7-12-8-9-13-11(14)15-10-6-4-2/h3-10H2,1-2H3. The van der Waals surface area contributed by atoms with Gasteiger partial charge in [0.1, 0.15) is 6.61 Å². The molecule has 15 heavy (non-hydrogen) atoms. The number of hydrogen-bond acceptors (Lipinski definition) is 4. The van der Waals surface area contributed by atoms with Gasteiger partial charge in [0.15, 0.2) is 0 Å². The topological polar surface area (TPSA) is 18.5 Å². The van der Waals surface area contributed by atoms with Gasteiger partial charge in [-0.15, -0.1) is 0 Å². The van der Waals surface area contributed by atoms with E-state index in [1.807, 2.05) is 0 Å². The lowest BCUT2D eigenvalue weighted by atomic mass is 10.4. The van der Waals surface area contributed by atoms with Crippen molar-refractivity contribution >= 4 is 28.4 Å². The highest BCUT2D eigenvalue weighted by Crippen LogP contribution is 2.08. The summed E-state index contributed by atoms with van der Waals surface area (Å²) in [7, 11) is 0. The molecule has 0 saturated heterocycles. The molecular formula is C11H22O2S2.